The topological polar surface area (TPSA) is 48.7 Å². The molecule has 0 atom stereocenters. The van der Waals surface area contributed by atoms with Gasteiger partial charge in [0.05, 0.1) is 22.3 Å². The van der Waals surface area contributed by atoms with Gasteiger partial charge in [-0.3, -0.25) is 4.98 Å². The Labute approximate surface area is 111 Å². The van der Waals surface area contributed by atoms with E-state index >= 15 is 0 Å². The van der Waals surface area contributed by atoms with Gasteiger partial charge in [-0.15, -0.1) is 0 Å². The monoisotopic (exact) mass is 257 g/mol. The average Bonchev–Trinajstić information content (AvgIpc) is 2.42. The second kappa shape index (κ2) is 6.04. The molecule has 2 aromatic rings. The molecule has 18 heavy (non-hydrogen) atoms. The quantitative estimate of drug-likeness (QED) is 0.915. The number of hydrogen-bond donors (Lipinski definition) is 1. The number of aromatic nitrogens is 1. The zero-order valence-corrected chi connectivity index (χ0v) is 10.5. The van der Waals surface area contributed by atoms with E-state index in [0.717, 1.165) is 18.7 Å². The Morgan fingerprint density at radius 1 is 1.22 bits per heavy atom. The van der Waals surface area contributed by atoms with E-state index in [0.29, 0.717) is 10.6 Å². The highest BCUT2D eigenvalue weighted by molar-refractivity contribution is 6.33. The Morgan fingerprint density at radius 2 is 2.00 bits per heavy atom. The lowest BCUT2D eigenvalue weighted by Gasteiger charge is -2.08. The molecule has 0 saturated heterocycles. The fraction of sp³-hybridized carbons (Fsp3) is 0.143. The molecule has 0 fully saturated rings. The van der Waals surface area contributed by atoms with E-state index in [2.05, 4.69) is 16.4 Å². The highest BCUT2D eigenvalue weighted by Gasteiger charge is 2.01. The average molecular weight is 258 g/mol. The van der Waals surface area contributed by atoms with E-state index < -0.39 is 0 Å². The Balaban J connectivity index is 1.96. The highest BCUT2D eigenvalue weighted by atomic mass is 35.5. The molecule has 0 aliphatic rings. The maximum atomic E-state index is 8.83. The van der Waals surface area contributed by atoms with Crippen LogP contribution in [0, 0.1) is 11.3 Å². The summed E-state index contributed by atoms with van der Waals surface area (Å²) in [6.45, 7) is 0.763. The zero-order chi connectivity index (χ0) is 12.8. The van der Waals surface area contributed by atoms with Gasteiger partial charge >= 0.3 is 0 Å². The van der Waals surface area contributed by atoms with Crippen LogP contribution in [-0.2, 0) is 6.42 Å². The van der Waals surface area contributed by atoms with Gasteiger partial charge in [-0.05, 0) is 42.3 Å². The molecule has 0 unspecified atom stereocenters. The van der Waals surface area contributed by atoms with Gasteiger partial charge in [0.2, 0.25) is 0 Å². The molecule has 1 N–H and O–H groups in total. The van der Waals surface area contributed by atoms with Gasteiger partial charge in [-0.2, -0.15) is 5.26 Å². The van der Waals surface area contributed by atoms with Crippen molar-refractivity contribution in [1.29, 1.82) is 5.26 Å². The first kappa shape index (κ1) is 12.4. The fourth-order valence-electron chi connectivity index (χ4n) is 1.62. The SMILES string of the molecule is N#Cc1ccc(Cl)c(NCCc2ccncc2)c1. The molecule has 4 heteroatoms. The lowest BCUT2D eigenvalue weighted by atomic mass is 10.2. The van der Waals surface area contributed by atoms with Crippen molar-refractivity contribution >= 4 is 17.3 Å². The van der Waals surface area contributed by atoms with Gasteiger partial charge in [0.15, 0.2) is 0 Å². The number of hydrogen-bond acceptors (Lipinski definition) is 3. The van der Waals surface area contributed by atoms with Crippen LogP contribution in [0.3, 0.4) is 0 Å². The third-order valence-corrected chi connectivity index (χ3v) is 2.90. The van der Waals surface area contributed by atoms with Gasteiger partial charge in [-0.25, -0.2) is 0 Å². The van der Waals surface area contributed by atoms with Gasteiger partial charge in [0.25, 0.3) is 0 Å². The Hall–Kier alpha value is -2.05. The molecule has 2 rings (SSSR count). The molecule has 0 aliphatic heterocycles. The van der Waals surface area contributed by atoms with Gasteiger partial charge in [0.1, 0.15) is 0 Å². The Morgan fingerprint density at radius 3 is 2.72 bits per heavy atom. The van der Waals surface area contributed by atoms with Crippen molar-refractivity contribution in [3.63, 3.8) is 0 Å². The minimum Gasteiger partial charge on any atom is -0.383 e. The maximum Gasteiger partial charge on any atom is 0.0992 e. The van der Waals surface area contributed by atoms with E-state index in [4.69, 9.17) is 16.9 Å². The smallest absolute Gasteiger partial charge is 0.0992 e. The molecule has 0 bridgehead atoms. The lowest BCUT2D eigenvalue weighted by Crippen LogP contribution is -2.05. The first-order valence-corrected chi connectivity index (χ1v) is 6.00. The van der Waals surface area contributed by atoms with Crippen molar-refractivity contribution in [2.45, 2.75) is 6.42 Å². The molecular formula is C14H12ClN3. The summed E-state index contributed by atoms with van der Waals surface area (Å²) < 4.78 is 0. The molecule has 0 saturated carbocycles. The van der Waals surface area contributed by atoms with Crippen molar-refractivity contribution in [2.24, 2.45) is 0 Å². The lowest BCUT2D eigenvalue weighted by molar-refractivity contribution is 1.01. The van der Waals surface area contributed by atoms with Crippen molar-refractivity contribution in [3.8, 4) is 6.07 Å². The second-order valence-electron chi connectivity index (χ2n) is 3.84. The predicted octanol–water partition coefficient (Wildman–Crippen LogP) is 3.26. The number of halogens is 1. The molecule has 0 radical (unpaired) electrons. The summed E-state index contributed by atoms with van der Waals surface area (Å²) in [7, 11) is 0. The minimum absolute atomic E-state index is 0.603. The molecule has 0 aliphatic carbocycles. The molecule has 3 nitrogen and oxygen atoms in total. The van der Waals surface area contributed by atoms with Crippen LogP contribution in [0.25, 0.3) is 0 Å². The number of pyridine rings is 1. The highest BCUT2D eigenvalue weighted by Crippen LogP contribution is 2.22. The molecule has 1 aromatic heterocycles. The molecular weight excluding hydrogens is 246 g/mol. The normalized spacial score (nSPS) is 9.78. The summed E-state index contributed by atoms with van der Waals surface area (Å²) in [6.07, 6.45) is 4.44. The van der Waals surface area contributed by atoms with E-state index in [1.807, 2.05) is 12.1 Å². The van der Waals surface area contributed by atoms with Crippen LogP contribution in [0.1, 0.15) is 11.1 Å². The molecule has 0 amide bonds. The number of anilines is 1. The zero-order valence-electron chi connectivity index (χ0n) is 9.73. The van der Waals surface area contributed by atoms with E-state index in [-0.39, 0.29) is 0 Å². The van der Waals surface area contributed by atoms with Crippen LogP contribution in [0.15, 0.2) is 42.7 Å². The Bertz CT molecular complexity index is 561. The third kappa shape index (κ3) is 3.22. The van der Waals surface area contributed by atoms with E-state index in [1.165, 1.54) is 5.56 Å². The number of nitrogens with one attached hydrogen (secondary N) is 1. The number of rotatable bonds is 4. The largest absolute Gasteiger partial charge is 0.383 e. The van der Waals surface area contributed by atoms with Crippen molar-refractivity contribution in [1.82, 2.24) is 4.98 Å². The molecule has 90 valence electrons. The summed E-state index contributed by atoms with van der Waals surface area (Å²) in [5, 5.41) is 12.7. The first-order valence-electron chi connectivity index (χ1n) is 5.62. The van der Waals surface area contributed by atoms with Crippen molar-refractivity contribution in [2.75, 3.05) is 11.9 Å². The van der Waals surface area contributed by atoms with Gasteiger partial charge in [-0.1, -0.05) is 11.6 Å². The van der Waals surface area contributed by atoms with Crippen LogP contribution in [0.4, 0.5) is 5.69 Å². The summed E-state index contributed by atoms with van der Waals surface area (Å²) >= 11 is 6.05. The summed E-state index contributed by atoms with van der Waals surface area (Å²) in [4.78, 5) is 3.97. The molecule has 0 spiro atoms. The van der Waals surface area contributed by atoms with E-state index in [1.54, 1.807) is 30.6 Å². The summed E-state index contributed by atoms with van der Waals surface area (Å²) in [5.41, 5.74) is 2.61. The molecule has 1 aromatic carbocycles. The van der Waals surface area contributed by atoms with Crippen LogP contribution in [-0.4, -0.2) is 11.5 Å². The van der Waals surface area contributed by atoms with Crippen LogP contribution in [0.5, 0.6) is 0 Å². The Kier molecular flexibility index (Phi) is 4.16. The van der Waals surface area contributed by atoms with E-state index in [9.17, 15) is 0 Å². The van der Waals surface area contributed by atoms with Gasteiger partial charge in [0, 0.05) is 18.9 Å². The number of nitriles is 1. The standard InChI is InChI=1S/C14H12ClN3/c15-13-2-1-12(10-16)9-14(13)18-8-5-11-3-6-17-7-4-11/h1-4,6-7,9,18H,5,8H2. The third-order valence-electron chi connectivity index (χ3n) is 2.57. The van der Waals surface area contributed by atoms with Crippen LogP contribution >= 0.6 is 11.6 Å². The maximum absolute atomic E-state index is 8.83. The predicted molar refractivity (Wildman–Crippen MR) is 72.6 cm³/mol. The fourth-order valence-corrected chi connectivity index (χ4v) is 1.81. The van der Waals surface area contributed by atoms with Crippen LogP contribution < -0.4 is 5.32 Å². The number of nitrogens with zero attached hydrogens (tertiary/aromatic N) is 2. The molecule has 1 heterocycles. The summed E-state index contributed by atoms with van der Waals surface area (Å²) in [5.74, 6) is 0. The first-order chi connectivity index (χ1) is 8.79. The minimum atomic E-state index is 0.603. The second-order valence-corrected chi connectivity index (χ2v) is 4.25. The summed E-state index contributed by atoms with van der Waals surface area (Å²) in [6, 6.07) is 11.3. The van der Waals surface area contributed by atoms with Gasteiger partial charge < -0.3 is 5.32 Å². The van der Waals surface area contributed by atoms with Crippen molar-refractivity contribution < 1.29 is 0 Å². The number of benzene rings is 1. The van der Waals surface area contributed by atoms with Crippen LogP contribution in [0.2, 0.25) is 5.02 Å². The van der Waals surface area contributed by atoms with Crippen molar-refractivity contribution in [3.05, 3.63) is 58.9 Å².